The minimum absolute atomic E-state index is 0.167. The van der Waals surface area contributed by atoms with Gasteiger partial charge in [0.05, 0.1) is 6.61 Å². The Balaban J connectivity index is 2.14. The zero-order valence-electron chi connectivity index (χ0n) is 8.09. The van der Waals surface area contributed by atoms with E-state index in [1.54, 1.807) is 0 Å². The Morgan fingerprint density at radius 1 is 1.31 bits per heavy atom. The summed E-state index contributed by atoms with van der Waals surface area (Å²) in [7, 11) is 0. The lowest BCUT2D eigenvalue weighted by molar-refractivity contribution is -0.142. The van der Waals surface area contributed by atoms with E-state index in [1.807, 2.05) is 0 Å². The third kappa shape index (κ3) is 3.99. The maximum absolute atomic E-state index is 10.6. The van der Waals surface area contributed by atoms with Crippen LogP contribution in [0.4, 0.5) is 0 Å². The van der Waals surface area contributed by atoms with Crippen LogP contribution in [0.15, 0.2) is 0 Å². The summed E-state index contributed by atoms with van der Waals surface area (Å²) in [5.74, 6) is 1.87. The Bertz CT molecular complexity index is 162. The van der Waals surface area contributed by atoms with E-state index < -0.39 is 0 Å². The molecule has 1 rings (SSSR count). The molecule has 0 atom stereocenters. The van der Waals surface area contributed by atoms with Crippen molar-refractivity contribution in [3.05, 3.63) is 0 Å². The highest BCUT2D eigenvalue weighted by atomic mass is 35.5. The molecule has 0 aromatic rings. The van der Waals surface area contributed by atoms with Gasteiger partial charge in [0.2, 0.25) is 0 Å². The zero-order chi connectivity index (χ0) is 9.68. The standard InChI is InChI=1S/C10H17ClO2/c1-8(12)13-7-10-4-2-9(6-11)3-5-10/h9-10H,2-7H2,1H3. The molecule has 0 spiro atoms. The third-order valence-corrected chi connectivity index (χ3v) is 3.14. The summed E-state index contributed by atoms with van der Waals surface area (Å²) in [6.45, 7) is 2.06. The van der Waals surface area contributed by atoms with E-state index >= 15 is 0 Å². The Hall–Kier alpha value is -0.240. The Kier molecular flexibility index (Phi) is 4.57. The first-order chi connectivity index (χ1) is 6.22. The van der Waals surface area contributed by atoms with Crippen molar-refractivity contribution < 1.29 is 9.53 Å². The molecular weight excluding hydrogens is 188 g/mol. The number of carbonyl (C=O) groups excluding carboxylic acids is 1. The molecule has 0 aromatic carbocycles. The summed E-state index contributed by atoms with van der Waals surface area (Å²) in [6, 6.07) is 0. The maximum Gasteiger partial charge on any atom is 0.302 e. The topological polar surface area (TPSA) is 26.3 Å². The molecule has 0 radical (unpaired) electrons. The number of rotatable bonds is 3. The first-order valence-corrected chi connectivity index (χ1v) is 5.45. The maximum atomic E-state index is 10.6. The van der Waals surface area contributed by atoms with E-state index in [2.05, 4.69) is 0 Å². The number of alkyl halides is 1. The van der Waals surface area contributed by atoms with E-state index in [0.717, 1.165) is 18.7 Å². The van der Waals surface area contributed by atoms with Gasteiger partial charge in [-0.3, -0.25) is 4.79 Å². The fraction of sp³-hybridized carbons (Fsp3) is 0.900. The normalized spacial score (nSPS) is 28.5. The lowest BCUT2D eigenvalue weighted by atomic mass is 9.83. The average Bonchev–Trinajstić information content (AvgIpc) is 2.15. The smallest absolute Gasteiger partial charge is 0.302 e. The predicted molar refractivity (Wildman–Crippen MR) is 52.8 cm³/mol. The van der Waals surface area contributed by atoms with Gasteiger partial charge in [0.15, 0.2) is 0 Å². The van der Waals surface area contributed by atoms with Crippen LogP contribution in [0.2, 0.25) is 0 Å². The van der Waals surface area contributed by atoms with Gasteiger partial charge < -0.3 is 4.74 Å². The van der Waals surface area contributed by atoms with Crippen LogP contribution in [0.25, 0.3) is 0 Å². The number of ether oxygens (including phenoxy) is 1. The molecule has 0 N–H and O–H groups in total. The van der Waals surface area contributed by atoms with Crippen LogP contribution in [0.3, 0.4) is 0 Å². The highest BCUT2D eigenvalue weighted by Gasteiger charge is 2.20. The predicted octanol–water partition coefficient (Wildman–Crippen LogP) is 2.59. The van der Waals surface area contributed by atoms with Gasteiger partial charge in [-0.1, -0.05) is 0 Å². The SMILES string of the molecule is CC(=O)OCC1CCC(CCl)CC1. The summed E-state index contributed by atoms with van der Waals surface area (Å²) in [5.41, 5.74) is 0. The summed E-state index contributed by atoms with van der Waals surface area (Å²) < 4.78 is 4.98. The van der Waals surface area contributed by atoms with Crippen molar-refractivity contribution in [3.8, 4) is 0 Å². The van der Waals surface area contributed by atoms with Crippen molar-refractivity contribution in [1.82, 2.24) is 0 Å². The molecule has 0 saturated heterocycles. The Morgan fingerprint density at radius 2 is 1.85 bits per heavy atom. The monoisotopic (exact) mass is 204 g/mol. The van der Waals surface area contributed by atoms with Crippen LogP contribution in [0.1, 0.15) is 32.6 Å². The van der Waals surface area contributed by atoms with Crippen molar-refractivity contribution in [2.75, 3.05) is 12.5 Å². The van der Waals surface area contributed by atoms with Gasteiger partial charge in [-0.25, -0.2) is 0 Å². The highest BCUT2D eigenvalue weighted by Crippen LogP contribution is 2.29. The van der Waals surface area contributed by atoms with E-state index in [4.69, 9.17) is 16.3 Å². The first-order valence-electron chi connectivity index (χ1n) is 4.91. The molecule has 0 unspecified atom stereocenters. The molecule has 1 aliphatic rings. The molecule has 0 heterocycles. The lowest BCUT2D eigenvalue weighted by Crippen LogP contribution is -2.20. The van der Waals surface area contributed by atoms with Gasteiger partial charge in [0, 0.05) is 12.8 Å². The number of esters is 1. The Morgan fingerprint density at radius 3 is 2.31 bits per heavy atom. The van der Waals surface area contributed by atoms with Crippen molar-refractivity contribution in [2.45, 2.75) is 32.6 Å². The zero-order valence-corrected chi connectivity index (χ0v) is 8.85. The quantitative estimate of drug-likeness (QED) is 0.522. The van der Waals surface area contributed by atoms with Gasteiger partial charge in [-0.15, -0.1) is 11.6 Å². The fourth-order valence-corrected chi connectivity index (χ4v) is 2.10. The number of halogens is 1. The summed E-state index contributed by atoms with van der Waals surface area (Å²) >= 11 is 5.77. The Labute approximate surface area is 84.6 Å². The minimum Gasteiger partial charge on any atom is -0.466 e. The number of hydrogen-bond acceptors (Lipinski definition) is 2. The fourth-order valence-electron chi connectivity index (χ4n) is 1.79. The molecule has 0 aliphatic heterocycles. The lowest BCUT2D eigenvalue weighted by Gasteiger charge is -2.26. The molecule has 0 aromatic heterocycles. The number of carbonyl (C=O) groups is 1. The average molecular weight is 205 g/mol. The summed E-state index contributed by atoms with van der Waals surface area (Å²) in [4.78, 5) is 10.6. The van der Waals surface area contributed by atoms with Crippen LogP contribution in [-0.4, -0.2) is 18.5 Å². The second-order valence-corrected chi connectivity index (χ2v) is 4.15. The first kappa shape index (κ1) is 10.8. The molecule has 3 heteroatoms. The molecule has 2 nitrogen and oxygen atoms in total. The molecule has 0 amide bonds. The van der Waals surface area contributed by atoms with Crippen molar-refractivity contribution in [3.63, 3.8) is 0 Å². The van der Waals surface area contributed by atoms with Gasteiger partial charge in [0.1, 0.15) is 0 Å². The van der Waals surface area contributed by atoms with E-state index in [0.29, 0.717) is 18.4 Å². The molecule has 1 aliphatic carbocycles. The highest BCUT2D eigenvalue weighted by molar-refractivity contribution is 6.18. The van der Waals surface area contributed by atoms with Crippen LogP contribution >= 0.6 is 11.6 Å². The van der Waals surface area contributed by atoms with Crippen LogP contribution in [0.5, 0.6) is 0 Å². The van der Waals surface area contributed by atoms with Crippen molar-refractivity contribution >= 4 is 17.6 Å². The van der Waals surface area contributed by atoms with E-state index in [9.17, 15) is 4.79 Å². The van der Waals surface area contributed by atoms with Gasteiger partial charge in [-0.2, -0.15) is 0 Å². The molecule has 13 heavy (non-hydrogen) atoms. The van der Waals surface area contributed by atoms with Crippen LogP contribution < -0.4 is 0 Å². The van der Waals surface area contributed by atoms with Gasteiger partial charge >= 0.3 is 5.97 Å². The minimum atomic E-state index is -0.167. The molecule has 76 valence electrons. The second kappa shape index (κ2) is 5.48. The van der Waals surface area contributed by atoms with Crippen LogP contribution in [-0.2, 0) is 9.53 Å². The summed E-state index contributed by atoms with van der Waals surface area (Å²) in [5, 5.41) is 0. The van der Waals surface area contributed by atoms with E-state index in [1.165, 1.54) is 19.8 Å². The second-order valence-electron chi connectivity index (χ2n) is 3.84. The van der Waals surface area contributed by atoms with Gasteiger partial charge in [-0.05, 0) is 37.5 Å². The number of hydrogen-bond donors (Lipinski definition) is 0. The molecule has 0 bridgehead atoms. The van der Waals surface area contributed by atoms with Crippen LogP contribution in [0, 0.1) is 11.8 Å². The van der Waals surface area contributed by atoms with Crippen molar-refractivity contribution in [1.29, 1.82) is 0 Å². The van der Waals surface area contributed by atoms with Crippen molar-refractivity contribution in [2.24, 2.45) is 11.8 Å². The molecular formula is C10H17ClO2. The molecule has 1 fully saturated rings. The van der Waals surface area contributed by atoms with E-state index in [-0.39, 0.29) is 5.97 Å². The largest absolute Gasteiger partial charge is 0.466 e. The summed E-state index contributed by atoms with van der Waals surface area (Å²) in [6.07, 6.45) is 4.69. The molecule has 1 saturated carbocycles. The van der Waals surface area contributed by atoms with Gasteiger partial charge in [0.25, 0.3) is 0 Å². The third-order valence-electron chi connectivity index (χ3n) is 2.71.